The fraction of sp³-hybridized carbons (Fsp3) is 0.429. The zero-order valence-electron chi connectivity index (χ0n) is 10.8. The molecule has 4 nitrogen and oxygen atoms in total. The molecule has 1 aromatic heterocycles. The number of anilines is 1. The van der Waals surface area contributed by atoms with Crippen molar-refractivity contribution in [1.82, 2.24) is 9.97 Å². The largest absolute Gasteiger partial charge is 0.373 e. The summed E-state index contributed by atoms with van der Waals surface area (Å²) in [5, 5.41) is 0. The van der Waals surface area contributed by atoms with Crippen molar-refractivity contribution in [3.63, 3.8) is 0 Å². The molecule has 0 aliphatic carbocycles. The second kappa shape index (κ2) is 5.31. The molecule has 1 unspecified atom stereocenters. The molecular formula is C14H16ClN3O. The summed E-state index contributed by atoms with van der Waals surface area (Å²) in [6.07, 6.45) is 0.0723. The van der Waals surface area contributed by atoms with Crippen LogP contribution in [0.25, 0.3) is 11.0 Å². The van der Waals surface area contributed by atoms with E-state index in [0.29, 0.717) is 12.5 Å². The van der Waals surface area contributed by atoms with Crippen LogP contribution in [0.1, 0.15) is 5.69 Å². The van der Waals surface area contributed by atoms with Crippen LogP contribution in [0.3, 0.4) is 0 Å². The highest BCUT2D eigenvalue weighted by Gasteiger charge is 2.22. The maximum atomic E-state index is 5.88. The Kier molecular flexibility index (Phi) is 3.53. The number of nitrogens with zero attached hydrogens (tertiary/aromatic N) is 3. The molecule has 3 rings (SSSR count). The minimum atomic E-state index is 0.0723. The SMILES string of the molecule is Cc1nc2ccccc2nc1N1CCOC(CCl)C1. The standard InChI is InChI=1S/C14H16ClN3O/c1-10-14(18-6-7-19-11(8-15)9-18)17-13-5-3-2-4-12(13)16-10/h2-5,11H,6-9H2,1H3. The van der Waals surface area contributed by atoms with E-state index in [1.807, 2.05) is 31.2 Å². The molecule has 2 aromatic rings. The molecule has 19 heavy (non-hydrogen) atoms. The highest BCUT2D eigenvalue weighted by atomic mass is 35.5. The van der Waals surface area contributed by atoms with Gasteiger partial charge in [-0.25, -0.2) is 9.97 Å². The van der Waals surface area contributed by atoms with Crippen molar-refractivity contribution in [1.29, 1.82) is 0 Å². The van der Waals surface area contributed by atoms with Crippen molar-refractivity contribution < 1.29 is 4.74 Å². The monoisotopic (exact) mass is 277 g/mol. The van der Waals surface area contributed by atoms with Crippen LogP contribution in [-0.4, -0.2) is 41.6 Å². The van der Waals surface area contributed by atoms with Crippen LogP contribution in [-0.2, 0) is 4.74 Å². The van der Waals surface area contributed by atoms with Crippen molar-refractivity contribution in [3.8, 4) is 0 Å². The summed E-state index contributed by atoms with van der Waals surface area (Å²) in [6, 6.07) is 7.94. The normalized spacial score (nSPS) is 19.9. The lowest BCUT2D eigenvalue weighted by Gasteiger charge is -2.33. The second-order valence-electron chi connectivity index (χ2n) is 4.71. The number of aromatic nitrogens is 2. The van der Waals surface area contributed by atoms with Crippen molar-refractivity contribution >= 4 is 28.5 Å². The topological polar surface area (TPSA) is 38.2 Å². The van der Waals surface area contributed by atoms with Gasteiger partial charge in [0.15, 0.2) is 5.82 Å². The van der Waals surface area contributed by atoms with Gasteiger partial charge in [-0.05, 0) is 19.1 Å². The van der Waals surface area contributed by atoms with Gasteiger partial charge in [-0.3, -0.25) is 0 Å². The Hall–Kier alpha value is -1.39. The zero-order chi connectivity index (χ0) is 13.2. The van der Waals surface area contributed by atoms with Crippen LogP contribution in [0.15, 0.2) is 24.3 Å². The number of rotatable bonds is 2. The highest BCUT2D eigenvalue weighted by Crippen LogP contribution is 2.22. The first-order valence-corrected chi connectivity index (χ1v) is 6.97. The summed E-state index contributed by atoms with van der Waals surface area (Å²) in [4.78, 5) is 11.6. The molecule has 1 aliphatic rings. The van der Waals surface area contributed by atoms with Gasteiger partial charge in [0.05, 0.1) is 35.3 Å². The Labute approximate surface area is 117 Å². The van der Waals surface area contributed by atoms with E-state index in [-0.39, 0.29) is 6.10 Å². The summed E-state index contributed by atoms with van der Waals surface area (Å²) in [5.74, 6) is 1.45. The number of para-hydroxylation sites is 2. The number of alkyl halides is 1. The molecule has 1 aliphatic heterocycles. The Balaban J connectivity index is 1.97. The molecule has 2 heterocycles. The third kappa shape index (κ3) is 2.51. The van der Waals surface area contributed by atoms with Gasteiger partial charge in [0.2, 0.25) is 0 Å². The van der Waals surface area contributed by atoms with Gasteiger partial charge in [0, 0.05) is 13.1 Å². The quantitative estimate of drug-likeness (QED) is 0.790. The molecule has 100 valence electrons. The maximum absolute atomic E-state index is 5.88. The van der Waals surface area contributed by atoms with Gasteiger partial charge in [0.1, 0.15) is 0 Å². The van der Waals surface area contributed by atoms with Crippen LogP contribution < -0.4 is 4.90 Å². The van der Waals surface area contributed by atoms with E-state index in [1.165, 1.54) is 0 Å². The number of hydrogen-bond donors (Lipinski definition) is 0. The molecule has 0 radical (unpaired) electrons. The van der Waals surface area contributed by atoms with Crippen LogP contribution in [0.4, 0.5) is 5.82 Å². The molecule has 1 aromatic carbocycles. The van der Waals surface area contributed by atoms with E-state index in [2.05, 4.69) is 9.88 Å². The zero-order valence-corrected chi connectivity index (χ0v) is 11.6. The summed E-state index contributed by atoms with van der Waals surface area (Å²) in [5.41, 5.74) is 2.82. The minimum absolute atomic E-state index is 0.0723. The summed E-state index contributed by atoms with van der Waals surface area (Å²) in [6.45, 7) is 4.30. The number of benzene rings is 1. The molecule has 1 atom stereocenters. The smallest absolute Gasteiger partial charge is 0.150 e. The highest BCUT2D eigenvalue weighted by molar-refractivity contribution is 6.18. The van der Waals surface area contributed by atoms with E-state index < -0.39 is 0 Å². The second-order valence-corrected chi connectivity index (χ2v) is 5.02. The summed E-state index contributed by atoms with van der Waals surface area (Å²) in [7, 11) is 0. The van der Waals surface area contributed by atoms with Crippen molar-refractivity contribution in [3.05, 3.63) is 30.0 Å². The van der Waals surface area contributed by atoms with Gasteiger partial charge in [-0.1, -0.05) is 12.1 Å². The number of ether oxygens (including phenoxy) is 1. The predicted octanol–water partition coefficient (Wildman–Crippen LogP) is 2.38. The van der Waals surface area contributed by atoms with Crippen LogP contribution in [0.5, 0.6) is 0 Å². The Morgan fingerprint density at radius 2 is 2.05 bits per heavy atom. The summed E-state index contributed by atoms with van der Waals surface area (Å²) >= 11 is 5.88. The lowest BCUT2D eigenvalue weighted by atomic mass is 10.2. The van der Waals surface area contributed by atoms with Gasteiger partial charge in [-0.15, -0.1) is 11.6 Å². The van der Waals surface area contributed by atoms with E-state index in [9.17, 15) is 0 Å². The first kappa shape index (κ1) is 12.6. The van der Waals surface area contributed by atoms with Gasteiger partial charge >= 0.3 is 0 Å². The Morgan fingerprint density at radius 1 is 1.32 bits per heavy atom. The van der Waals surface area contributed by atoms with Crippen LogP contribution in [0.2, 0.25) is 0 Å². The third-order valence-electron chi connectivity index (χ3n) is 3.33. The number of aryl methyl sites for hydroxylation is 1. The first-order valence-electron chi connectivity index (χ1n) is 6.44. The molecule has 1 fully saturated rings. The predicted molar refractivity (Wildman–Crippen MR) is 76.9 cm³/mol. The van der Waals surface area contributed by atoms with Crippen LogP contribution >= 0.6 is 11.6 Å². The third-order valence-corrected chi connectivity index (χ3v) is 3.67. The van der Waals surface area contributed by atoms with Gasteiger partial charge in [-0.2, -0.15) is 0 Å². The Bertz CT molecular complexity index is 590. The summed E-state index contributed by atoms with van der Waals surface area (Å²) < 4.78 is 5.58. The average Bonchev–Trinajstić information content (AvgIpc) is 2.46. The fourth-order valence-electron chi connectivity index (χ4n) is 2.38. The van der Waals surface area contributed by atoms with Gasteiger partial charge < -0.3 is 9.64 Å². The van der Waals surface area contributed by atoms with E-state index in [4.69, 9.17) is 21.3 Å². The molecule has 0 saturated carbocycles. The lowest BCUT2D eigenvalue weighted by molar-refractivity contribution is 0.0551. The van der Waals surface area contributed by atoms with E-state index in [0.717, 1.165) is 35.6 Å². The molecule has 5 heteroatoms. The molecule has 0 bridgehead atoms. The molecule has 1 saturated heterocycles. The number of halogens is 1. The van der Waals surface area contributed by atoms with Crippen molar-refractivity contribution in [2.45, 2.75) is 13.0 Å². The fourth-order valence-corrected chi connectivity index (χ4v) is 2.57. The number of hydrogen-bond acceptors (Lipinski definition) is 4. The minimum Gasteiger partial charge on any atom is -0.373 e. The average molecular weight is 278 g/mol. The molecule has 0 N–H and O–H groups in total. The van der Waals surface area contributed by atoms with E-state index >= 15 is 0 Å². The van der Waals surface area contributed by atoms with Crippen molar-refractivity contribution in [2.75, 3.05) is 30.5 Å². The molecule has 0 amide bonds. The van der Waals surface area contributed by atoms with Crippen LogP contribution in [0, 0.1) is 6.92 Å². The van der Waals surface area contributed by atoms with E-state index in [1.54, 1.807) is 0 Å². The van der Waals surface area contributed by atoms with Gasteiger partial charge in [0.25, 0.3) is 0 Å². The maximum Gasteiger partial charge on any atom is 0.150 e. The number of morpholine rings is 1. The Morgan fingerprint density at radius 3 is 2.79 bits per heavy atom. The lowest BCUT2D eigenvalue weighted by Crippen LogP contribution is -2.44. The first-order chi connectivity index (χ1) is 9.28. The van der Waals surface area contributed by atoms with Crippen molar-refractivity contribution in [2.24, 2.45) is 0 Å². The number of fused-ring (bicyclic) bond motifs is 1. The molecular weight excluding hydrogens is 262 g/mol. The molecule has 0 spiro atoms.